The fourth-order valence-corrected chi connectivity index (χ4v) is 0.865. The average Bonchev–Trinajstić information content (AvgIpc) is 1.79. The van der Waals surface area contributed by atoms with Gasteiger partial charge in [-0.15, -0.1) is 0 Å². The lowest BCUT2D eigenvalue weighted by atomic mass is 9.91. The monoisotopic (exact) mass is 200 g/mol. The number of aliphatic hydroxyl groups is 1. The van der Waals surface area contributed by atoms with Crippen LogP contribution in [-0.4, -0.2) is 22.5 Å². The van der Waals surface area contributed by atoms with Crippen LogP contribution in [0.15, 0.2) is 0 Å². The van der Waals surface area contributed by atoms with E-state index in [0.717, 1.165) is 0 Å². The first-order valence-corrected chi connectivity index (χ1v) is 4.63. The molecule has 0 atom stereocenters. The summed E-state index contributed by atoms with van der Waals surface area (Å²) in [7, 11) is 0. The Morgan fingerprint density at radius 1 is 1.29 bits per heavy atom. The van der Waals surface area contributed by atoms with Crippen LogP contribution in [0.5, 0.6) is 0 Å². The van der Waals surface area contributed by atoms with Crippen molar-refractivity contribution < 1.29 is 9.90 Å². The molecule has 3 N–H and O–H groups in total. The minimum absolute atomic E-state index is 0.0377. The van der Waals surface area contributed by atoms with Crippen molar-refractivity contribution in [3.63, 3.8) is 0 Å². The summed E-state index contributed by atoms with van der Waals surface area (Å²) >= 11 is 0. The zero-order valence-corrected chi connectivity index (χ0v) is 9.56. The van der Waals surface area contributed by atoms with E-state index in [4.69, 9.17) is 5.41 Å². The van der Waals surface area contributed by atoms with Gasteiger partial charge in [0, 0.05) is 6.42 Å². The van der Waals surface area contributed by atoms with Crippen molar-refractivity contribution >= 4 is 11.7 Å². The number of carbonyl (C=O) groups excluding carboxylic acids is 1. The summed E-state index contributed by atoms with van der Waals surface area (Å²) in [5.41, 5.74) is -1.46. The minimum Gasteiger partial charge on any atom is -0.381 e. The first-order chi connectivity index (χ1) is 6.02. The normalized spacial score (nSPS) is 12.4. The summed E-state index contributed by atoms with van der Waals surface area (Å²) in [6.45, 7) is 8.74. The van der Waals surface area contributed by atoms with Gasteiger partial charge in [0.2, 0.25) is 0 Å². The topological polar surface area (TPSA) is 73.2 Å². The zero-order chi connectivity index (χ0) is 11.6. The predicted octanol–water partition coefficient (Wildman–Crippen LogP) is 1.29. The average molecular weight is 200 g/mol. The molecule has 82 valence electrons. The molecule has 0 aliphatic carbocycles. The molecular weight excluding hydrogens is 180 g/mol. The fourth-order valence-electron chi connectivity index (χ4n) is 0.865. The molecule has 0 radical (unpaired) electrons. The molecule has 0 rings (SSSR count). The number of rotatable bonds is 2. The Kier molecular flexibility index (Phi) is 3.82. The van der Waals surface area contributed by atoms with E-state index >= 15 is 0 Å². The van der Waals surface area contributed by atoms with E-state index < -0.39 is 11.5 Å². The van der Waals surface area contributed by atoms with Crippen molar-refractivity contribution in [2.24, 2.45) is 5.41 Å². The SMILES string of the molecule is CC(C)(C)CC(=N)NC(=O)C(C)(C)O. The third kappa shape index (κ3) is 5.70. The maximum Gasteiger partial charge on any atom is 0.256 e. The molecule has 0 heterocycles. The highest BCUT2D eigenvalue weighted by molar-refractivity contribution is 6.00. The lowest BCUT2D eigenvalue weighted by Gasteiger charge is -2.21. The van der Waals surface area contributed by atoms with Crippen molar-refractivity contribution in [2.75, 3.05) is 0 Å². The molecule has 0 aromatic carbocycles. The Morgan fingerprint density at radius 2 is 1.71 bits per heavy atom. The number of hydrogen-bond acceptors (Lipinski definition) is 3. The Labute approximate surface area is 85.2 Å². The van der Waals surface area contributed by atoms with Crippen molar-refractivity contribution in [2.45, 2.75) is 46.6 Å². The number of amidine groups is 1. The Bertz CT molecular complexity index is 233. The van der Waals surface area contributed by atoms with Crippen LogP contribution in [0.1, 0.15) is 41.0 Å². The van der Waals surface area contributed by atoms with E-state index in [1.165, 1.54) is 13.8 Å². The third-order valence-corrected chi connectivity index (χ3v) is 1.53. The first-order valence-electron chi connectivity index (χ1n) is 4.63. The summed E-state index contributed by atoms with van der Waals surface area (Å²) < 4.78 is 0. The number of hydrogen-bond donors (Lipinski definition) is 3. The van der Waals surface area contributed by atoms with Crippen LogP contribution in [0, 0.1) is 10.8 Å². The first kappa shape index (κ1) is 13.1. The standard InChI is InChI=1S/C10H20N2O2/c1-9(2,3)6-7(11)12-8(13)10(4,5)14/h14H,6H2,1-5H3,(H2,11,12,13). The molecule has 0 fully saturated rings. The molecule has 0 aliphatic rings. The Balaban J connectivity index is 4.16. The van der Waals surface area contributed by atoms with Gasteiger partial charge in [0.05, 0.1) is 0 Å². The van der Waals surface area contributed by atoms with Gasteiger partial charge in [0.15, 0.2) is 0 Å². The highest BCUT2D eigenvalue weighted by atomic mass is 16.3. The van der Waals surface area contributed by atoms with Gasteiger partial charge in [-0.1, -0.05) is 20.8 Å². The highest BCUT2D eigenvalue weighted by Crippen LogP contribution is 2.18. The lowest BCUT2D eigenvalue weighted by Crippen LogP contribution is -2.45. The summed E-state index contributed by atoms with van der Waals surface area (Å²) in [5, 5.41) is 19.2. The van der Waals surface area contributed by atoms with Crippen LogP contribution >= 0.6 is 0 Å². The van der Waals surface area contributed by atoms with Gasteiger partial charge >= 0.3 is 0 Å². The molecule has 0 saturated heterocycles. The van der Waals surface area contributed by atoms with Crippen LogP contribution in [0.2, 0.25) is 0 Å². The van der Waals surface area contributed by atoms with Crippen LogP contribution in [0.3, 0.4) is 0 Å². The summed E-state index contributed by atoms with van der Waals surface area (Å²) in [5.74, 6) is -0.392. The summed E-state index contributed by atoms with van der Waals surface area (Å²) in [4.78, 5) is 11.3. The van der Waals surface area contributed by atoms with Crippen LogP contribution in [0.4, 0.5) is 0 Å². The molecule has 0 aromatic rings. The second-order valence-corrected chi connectivity index (χ2v) is 5.23. The fraction of sp³-hybridized carbons (Fsp3) is 0.800. The molecule has 0 aromatic heterocycles. The minimum atomic E-state index is -1.43. The molecule has 4 heteroatoms. The van der Waals surface area contributed by atoms with Crippen molar-refractivity contribution in [3.8, 4) is 0 Å². The predicted molar refractivity (Wildman–Crippen MR) is 56.2 cm³/mol. The molecule has 14 heavy (non-hydrogen) atoms. The summed E-state index contributed by atoms with van der Waals surface area (Å²) in [6, 6.07) is 0. The van der Waals surface area contributed by atoms with Crippen molar-refractivity contribution in [1.82, 2.24) is 5.32 Å². The third-order valence-electron chi connectivity index (χ3n) is 1.53. The maximum absolute atomic E-state index is 11.3. The van der Waals surface area contributed by atoms with E-state index in [2.05, 4.69) is 5.32 Å². The largest absolute Gasteiger partial charge is 0.381 e. The Morgan fingerprint density at radius 3 is 2.00 bits per heavy atom. The molecule has 0 bridgehead atoms. The maximum atomic E-state index is 11.3. The van der Waals surface area contributed by atoms with E-state index in [9.17, 15) is 9.90 Å². The molecule has 0 spiro atoms. The smallest absolute Gasteiger partial charge is 0.256 e. The quantitative estimate of drug-likeness (QED) is 0.464. The van der Waals surface area contributed by atoms with E-state index in [1.807, 2.05) is 20.8 Å². The van der Waals surface area contributed by atoms with E-state index in [0.29, 0.717) is 6.42 Å². The molecule has 1 amide bonds. The molecule has 0 saturated carbocycles. The Hall–Kier alpha value is -0.900. The van der Waals surface area contributed by atoms with Crippen LogP contribution in [0.25, 0.3) is 0 Å². The van der Waals surface area contributed by atoms with Gasteiger partial charge in [-0.25, -0.2) is 0 Å². The molecule has 0 unspecified atom stereocenters. The van der Waals surface area contributed by atoms with Crippen molar-refractivity contribution in [3.05, 3.63) is 0 Å². The molecule has 0 aliphatic heterocycles. The highest BCUT2D eigenvalue weighted by Gasteiger charge is 2.25. The van der Waals surface area contributed by atoms with Crippen LogP contribution in [-0.2, 0) is 4.79 Å². The molecule has 4 nitrogen and oxygen atoms in total. The van der Waals surface area contributed by atoms with Gasteiger partial charge in [-0.2, -0.15) is 0 Å². The van der Waals surface area contributed by atoms with E-state index in [-0.39, 0.29) is 11.3 Å². The molecular formula is C10H20N2O2. The van der Waals surface area contributed by atoms with Gasteiger partial charge in [0.25, 0.3) is 5.91 Å². The number of nitrogens with one attached hydrogen (secondary N) is 2. The number of amides is 1. The van der Waals surface area contributed by atoms with Crippen molar-refractivity contribution in [1.29, 1.82) is 5.41 Å². The zero-order valence-electron chi connectivity index (χ0n) is 9.56. The van der Waals surface area contributed by atoms with Gasteiger partial charge in [0.1, 0.15) is 11.4 Å². The van der Waals surface area contributed by atoms with Gasteiger partial charge in [-0.3, -0.25) is 10.2 Å². The second kappa shape index (κ2) is 4.09. The van der Waals surface area contributed by atoms with Gasteiger partial charge in [-0.05, 0) is 19.3 Å². The number of carbonyl (C=O) groups is 1. The lowest BCUT2D eigenvalue weighted by molar-refractivity contribution is -0.134. The van der Waals surface area contributed by atoms with Gasteiger partial charge < -0.3 is 10.4 Å². The van der Waals surface area contributed by atoms with E-state index in [1.54, 1.807) is 0 Å². The second-order valence-electron chi connectivity index (χ2n) is 5.23. The summed E-state index contributed by atoms with van der Waals surface area (Å²) in [6.07, 6.45) is 0.481. The van der Waals surface area contributed by atoms with Crippen LogP contribution < -0.4 is 5.32 Å².